The van der Waals surface area contributed by atoms with E-state index in [0.29, 0.717) is 36.0 Å². The van der Waals surface area contributed by atoms with Crippen LogP contribution in [0.15, 0.2) is 71.3 Å². The van der Waals surface area contributed by atoms with Crippen molar-refractivity contribution in [2.45, 2.75) is 32.9 Å². The fourth-order valence-electron chi connectivity index (χ4n) is 4.08. The number of rotatable bonds is 10. The van der Waals surface area contributed by atoms with E-state index in [-0.39, 0.29) is 17.7 Å². The van der Waals surface area contributed by atoms with Crippen LogP contribution in [-0.4, -0.2) is 36.4 Å². The summed E-state index contributed by atoms with van der Waals surface area (Å²) in [7, 11) is 3.99. The Bertz CT molecular complexity index is 1320. The number of hydrogen-bond acceptors (Lipinski definition) is 5. The molecule has 0 spiro atoms. The molecule has 188 valence electrons. The van der Waals surface area contributed by atoms with E-state index >= 15 is 0 Å². The minimum Gasteiger partial charge on any atom is -0.486 e. The average molecular weight is 506 g/mol. The Labute approximate surface area is 217 Å². The first kappa shape index (κ1) is 25.7. The fourth-order valence-corrected chi connectivity index (χ4v) is 4.35. The van der Waals surface area contributed by atoms with E-state index in [0.717, 1.165) is 28.0 Å². The van der Waals surface area contributed by atoms with Crippen molar-refractivity contribution >= 4 is 28.4 Å². The predicted molar refractivity (Wildman–Crippen MR) is 143 cm³/mol. The minimum atomic E-state index is -0.321. The van der Waals surface area contributed by atoms with E-state index in [2.05, 4.69) is 10.3 Å². The van der Waals surface area contributed by atoms with E-state index < -0.39 is 0 Å². The van der Waals surface area contributed by atoms with E-state index in [9.17, 15) is 4.79 Å². The molecule has 4 aromatic rings. The van der Waals surface area contributed by atoms with Crippen LogP contribution in [0.25, 0.3) is 10.9 Å². The molecule has 2 aromatic carbocycles. The number of nitrogens with one attached hydrogen (secondary N) is 1. The lowest BCUT2D eigenvalue weighted by atomic mass is 9.93. The second-order valence-corrected chi connectivity index (χ2v) is 9.85. The van der Waals surface area contributed by atoms with Crippen molar-refractivity contribution < 1.29 is 13.9 Å². The minimum absolute atomic E-state index is 0.0307. The highest BCUT2D eigenvalue weighted by Gasteiger charge is 2.26. The van der Waals surface area contributed by atoms with Crippen molar-refractivity contribution in [3.05, 3.63) is 94.5 Å². The predicted octanol–water partition coefficient (Wildman–Crippen LogP) is 6.03. The summed E-state index contributed by atoms with van der Waals surface area (Å²) >= 11 is 6.75. The van der Waals surface area contributed by atoms with Crippen molar-refractivity contribution in [2.24, 2.45) is 5.92 Å². The molecule has 2 aromatic heterocycles. The standard InChI is InChI=1S/C29H32ClN3O3/c1-19(2)29(34)32-16-24(26-13-12-21(36-26)17-33(3)4)23-15-25(30)22-11-8-14-31-27(22)28(23)35-18-20-9-6-5-7-10-20/h5-15,19,24H,16-18H2,1-4H3,(H,32,34). The van der Waals surface area contributed by atoms with E-state index in [4.69, 9.17) is 20.8 Å². The maximum atomic E-state index is 12.5. The summed E-state index contributed by atoms with van der Waals surface area (Å²) < 4.78 is 12.7. The number of halogens is 1. The zero-order chi connectivity index (χ0) is 25.7. The number of fused-ring (bicyclic) bond motifs is 1. The molecule has 1 atom stereocenters. The normalized spacial score (nSPS) is 12.3. The van der Waals surface area contributed by atoms with Crippen LogP contribution >= 0.6 is 11.6 Å². The van der Waals surface area contributed by atoms with Crippen molar-refractivity contribution in [3.63, 3.8) is 0 Å². The van der Waals surface area contributed by atoms with Crippen molar-refractivity contribution in [2.75, 3.05) is 20.6 Å². The SMILES string of the molecule is CC(C)C(=O)NCC(c1ccc(CN(C)C)o1)c1cc(Cl)c2cccnc2c1OCc1ccccc1. The summed E-state index contributed by atoms with van der Waals surface area (Å²) in [5.41, 5.74) is 2.53. The lowest BCUT2D eigenvalue weighted by molar-refractivity contribution is -0.124. The van der Waals surface area contributed by atoms with Gasteiger partial charge in [0.05, 0.1) is 17.5 Å². The third-order valence-electron chi connectivity index (χ3n) is 5.93. The third-order valence-corrected chi connectivity index (χ3v) is 6.24. The molecular weight excluding hydrogens is 474 g/mol. The fraction of sp³-hybridized carbons (Fsp3) is 0.310. The largest absolute Gasteiger partial charge is 0.486 e. The zero-order valence-corrected chi connectivity index (χ0v) is 21.9. The van der Waals surface area contributed by atoms with Gasteiger partial charge in [-0.3, -0.25) is 9.78 Å². The van der Waals surface area contributed by atoms with Gasteiger partial charge in [0.2, 0.25) is 5.91 Å². The van der Waals surface area contributed by atoms with Gasteiger partial charge in [-0.25, -0.2) is 0 Å². The molecule has 0 saturated carbocycles. The Morgan fingerprint density at radius 1 is 1.11 bits per heavy atom. The van der Waals surface area contributed by atoms with Gasteiger partial charge in [0.25, 0.3) is 0 Å². The van der Waals surface area contributed by atoms with Gasteiger partial charge < -0.3 is 19.4 Å². The second-order valence-electron chi connectivity index (χ2n) is 9.44. The quantitative estimate of drug-likeness (QED) is 0.285. The van der Waals surface area contributed by atoms with Crippen LogP contribution in [0.4, 0.5) is 0 Å². The highest BCUT2D eigenvalue weighted by atomic mass is 35.5. The molecule has 0 radical (unpaired) electrons. The van der Waals surface area contributed by atoms with Crippen LogP contribution in [-0.2, 0) is 17.9 Å². The molecule has 4 rings (SSSR count). The summed E-state index contributed by atoms with van der Waals surface area (Å²) in [4.78, 5) is 19.2. The summed E-state index contributed by atoms with van der Waals surface area (Å²) in [6.07, 6.45) is 1.73. The molecule has 6 nitrogen and oxygen atoms in total. The van der Waals surface area contributed by atoms with Gasteiger partial charge in [-0.1, -0.05) is 55.8 Å². The maximum absolute atomic E-state index is 12.5. The molecule has 1 N–H and O–H groups in total. The van der Waals surface area contributed by atoms with Crippen molar-refractivity contribution in [1.82, 2.24) is 15.2 Å². The van der Waals surface area contributed by atoms with Crippen molar-refractivity contribution in [3.8, 4) is 5.75 Å². The zero-order valence-electron chi connectivity index (χ0n) is 21.1. The van der Waals surface area contributed by atoms with Gasteiger partial charge in [0, 0.05) is 29.6 Å². The second kappa shape index (κ2) is 11.6. The number of nitrogens with zero attached hydrogens (tertiary/aromatic N) is 2. The molecule has 0 fully saturated rings. The van der Waals surface area contributed by atoms with E-state index in [1.165, 1.54) is 0 Å². The highest BCUT2D eigenvalue weighted by Crippen LogP contribution is 2.41. The molecular formula is C29H32ClN3O3. The molecule has 0 aliphatic rings. The van der Waals surface area contributed by atoms with Gasteiger partial charge in [-0.2, -0.15) is 0 Å². The van der Waals surface area contributed by atoms with Crippen LogP contribution < -0.4 is 10.1 Å². The number of furan rings is 1. The Morgan fingerprint density at radius 3 is 2.61 bits per heavy atom. The van der Waals surface area contributed by atoms with Gasteiger partial charge in [-0.05, 0) is 50.0 Å². The molecule has 0 bridgehead atoms. The van der Waals surface area contributed by atoms with E-state index in [1.54, 1.807) is 6.20 Å². The Balaban J connectivity index is 1.81. The molecule has 0 aliphatic carbocycles. The van der Waals surface area contributed by atoms with Crippen LogP contribution in [0, 0.1) is 5.92 Å². The number of amides is 1. The first-order chi connectivity index (χ1) is 17.3. The van der Waals surface area contributed by atoms with Crippen molar-refractivity contribution in [1.29, 1.82) is 0 Å². The lowest BCUT2D eigenvalue weighted by Gasteiger charge is -2.22. The molecule has 1 amide bonds. The average Bonchev–Trinajstić information content (AvgIpc) is 3.31. The third kappa shape index (κ3) is 6.07. The number of benzene rings is 2. The van der Waals surface area contributed by atoms with Crippen LogP contribution in [0.3, 0.4) is 0 Å². The van der Waals surface area contributed by atoms with Crippen LogP contribution in [0.2, 0.25) is 5.02 Å². The summed E-state index contributed by atoms with van der Waals surface area (Å²) in [5, 5.41) is 4.45. The highest BCUT2D eigenvalue weighted by molar-refractivity contribution is 6.35. The smallest absolute Gasteiger partial charge is 0.222 e. The lowest BCUT2D eigenvalue weighted by Crippen LogP contribution is -2.32. The molecule has 7 heteroatoms. The molecule has 2 heterocycles. The number of hydrogen-bond donors (Lipinski definition) is 1. The summed E-state index contributed by atoms with van der Waals surface area (Å²) in [5.74, 6) is 1.71. The van der Waals surface area contributed by atoms with Crippen LogP contribution in [0.5, 0.6) is 5.75 Å². The first-order valence-corrected chi connectivity index (χ1v) is 12.5. The number of carbonyl (C=O) groups excluding carboxylic acids is 1. The Morgan fingerprint density at radius 2 is 1.89 bits per heavy atom. The molecule has 0 aliphatic heterocycles. The van der Waals surface area contributed by atoms with Gasteiger partial charge in [0.1, 0.15) is 29.4 Å². The summed E-state index contributed by atoms with van der Waals surface area (Å²) in [6, 6.07) is 19.6. The first-order valence-electron chi connectivity index (χ1n) is 12.1. The van der Waals surface area contributed by atoms with Gasteiger partial charge >= 0.3 is 0 Å². The topological polar surface area (TPSA) is 67.6 Å². The molecule has 0 saturated heterocycles. The molecule has 1 unspecified atom stereocenters. The number of pyridine rings is 1. The number of carbonyl (C=O) groups is 1. The van der Waals surface area contributed by atoms with Gasteiger partial charge in [0.15, 0.2) is 0 Å². The maximum Gasteiger partial charge on any atom is 0.222 e. The number of aromatic nitrogens is 1. The van der Waals surface area contributed by atoms with Crippen LogP contribution in [0.1, 0.15) is 42.4 Å². The number of ether oxygens (including phenoxy) is 1. The van der Waals surface area contributed by atoms with Gasteiger partial charge in [-0.15, -0.1) is 0 Å². The Kier molecular flexibility index (Phi) is 8.28. The molecule has 36 heavy (non-hydrogen) atoms. The Hall–Kier alpha value is -3.35. The monoisotopic (exact) mass is 505 g/mol. The van der Waals surface area contributed by atoms with E-state index in [1.807, 2.05) is 93.5 Å². The summed E-state index contributed by atoms with van der Waals surface area (Å²) in [6.45, 7) is 5.12.